The molecule has 0 rings (SSSR count). The summed E-state index contributed by atoms with van der Waals surface area (Å²) in [6.45, 7) is 4.11. The zero-order valence-electron chi connectivity index (χ0n) is 6.76. The van der Waals surface area contributed by atoms with Gasteiger partial charge >= 0.3 is 0 Å². The van der Waals surface area contributed by atoms with Crippen LogP contribution in [0.3, 0.4) is 0 Å². The third-order valence-electron chi connectivity index (χ3n) is 1.02. The molecule has 1 N–H and O–H groups in total. The lowest BCUT2D eigenvalue weighted by atomic mass is 10.2. The van der Waals surface area contributed by atoms with E-state index in [0.29, 0.717) is 5.92 Å². The molecule has 0 radical (unpaired) electrons. The molecular weight excluding hydrogens is 261 g/mol. The maximum absolute atomic E-state index is 8.96. The van der Waals surface area contributed by atoms with Crippen LogP contribution in [-0.2, 0) is 0 Å². The Hall–Kier alpha value is 0.550. The molecule has 0 heterocycles. The van der Waals surface area contributed by atoms with E-state index >= 15 is 0 Å². The minimum absolute atomic E-state index is 0. The molecule has 2 nitrogen and oxygen atoms in total. The normalized spacial score (nSPS) is 12.5. The van der Waals surface area contributed by atoms with Gasteiger partial charge in [-0.25, -0.2) is 0 Å². The Labute approximate surface area is 83.7 Å². The molecule has 10 heavy (non-hydrogen) atoms. The minimum Gasteiger partial charge on any atom is -1.00 e. The lowest BCUT2D eigenvalue weighted by molar-refractivity contribution is -0.753. The SMILES string of the molecule is CS/C(C(C)C)=[N+](\C)O.[I-]. The molecule has 0 aromatic carbocycles. The van der Waals surface area contributed by atoms with Crippen molar-refractivity contribution in [1.82, 2.24) is 0 Å². The van der Waals surface area contributed by atoms with Crippen LogP contribution in [-0.4, -0.2) is 28.3 Å². The van der Waals surface area contributed by atoms with E-state index < -0.39 is 0 Å². The maximum Gasteiger partial charge on any atom is 0.262 e. The van der Waals surface area contributed by atoms with Gasteiger partial charge in [-0.1, -0.05) is 25.6 Å². The van der Waals surface area contributed by atoms with Gasteiger partial charge in [0, 0.05) is 5.92 Å². The van der Waals surface area contributed by atoms with E-state index in [1.165, 1.54) is 4.74 Å². The second-order valence-corrected chi connectivity index (χ2v) is 3.05. The van der Waals surface area contributed by atoms with Gasteiger partial charge in [0.05, 0.1) is 0 Å². The molecule has 0 saturated carbocycles. The van der Waals surface area contributed by atoms with Crippen molar-refractivity contribution < 1.29 is 33.9 Å². The predicted octanol–water partition coefficient (Wildman–Crippen LogP) is -1.56. The van der Waals surface area contributed by atoms with Crippen molar-refractivity contribution in [2.45, 2.75) is 13.8 Å². The Morgan fingerprint density at radius 1 is 1.50 bits per heavy atom. The minimum atomic E-state index is 0. The van der Waals surface area contributed by atoms with Crippen LogP contribution in [0.25, 0.3) is 0 Å². The molecule has 0 amide bonds. The number of halogens is 1. The van der Waals surface area contributed by atoms with Gasteiger partial charge in [-0.05, 0) is 11.0 Å². The van der Waals surface area contributed by atoms with Crippen molar-refractivity contribution in [1.29, 1.82) is 0 Å². The first-order valence-corrected chi connectivity index (χ1v) is 4.15. The van der Waals surface area contributed by atoms with Gasteiger partial charge in [-0.3, -0.25) is 5.21 Å². The molecule has 0 spiro atoms. The topological polar surface area (TPSA) is 23.2 Å². The van der Waals surface area contributed by atoms with Gasteiger partial charge in [0.25, 0.3) is 5.04 Å². The molecule has 0 aliphatic heterocycles. The van der Waals surface area contributed by atoms with Crippen molar-refractivity contribution in [2.75, 3.05) is 13.3 Å². The van der Waals surface area contributed by atoms with Crippen LogP contribution < -0.4 is 24.0 Å². The number of hydrogen-bond donors (Lipinski definition) is 1. The largest absolute Gasteiger partial charge is 1.00 e. The van der Waals surface area contributed by atoms with Crippen molar-refractivity contribution in [2.24, 2.45) is 5.92 Å². The summed E-state index contributed by atoms with van der Waals surface area (Å²) in [5.41, 5.74) is 0. The van der Waals surface area contributed by atoms with Gasteiger partial charge in [0.1, 0.15) is 0 Å². The maximum atomic E-state index is 8.96. The van der Waals surface area contributed by atoms with Crippen LogP contribution in [0.2, 0.25) is 0 Å². The van der Waals surface area contributed by atoms with Crippen LogP contribution >= 0.6 is 11.8 Å². The summed E-state index contributed by atoms with van der Waals surface area (Å²) in [7, 11) is 1.64. The summed E-state index contributed by atoms with van der Waals surface area (Å²) in [5, 5.41) is 9.95. The van der Waals surface area contributed by atoms with Crippen LogP contribution in [0.4, 0.5) is 0 Å². The van der Waals surface area contributed by atoms with E-state index in [9.17, 15) is 0 Å². The molecule has 0 saturated heterocycles. The van der Waals surface area contributed by atoms with Gasteiger partial charge in [0.15, 0.2) is 7.05 Å². The van der Waals surface area contributed by atoms with Gasteiger partial charge < -0.3 is 24.0 Å². The quantitative estimate of drug-likeness (QED) is 0.156. The predicted molar refractivity (Wildman–Crippen MR) is 41.3 cm³/mol. The van der Waals surface area contributed by atoms with Gasteiger partial charge in [-0.15, -0.1) is 0 Å². The molecule has 0 fully saturated rings. The van der Waals surface area contributed by atoms with E-state index in [1.54, 1.807) is 18.8 Å². The molecule has 0 aromatic rings. The first kappa shape index (κ1) is 13.2. The molecule has 4 heteroatoms. The highest BCUT2D eigenvalue weighted by Gasteiger charge is 2.13. The Kier molecular flexibility index (Phi) is 8.26. The Balaban J connectivity index is 0. The van der Waals surface area contributed by atoms with Crippen LogP contribution in [0.15, 0.2) is 0 Å². The van der Waals surface area contributed by atoms with E-state index in [2.05, 4.69) is 13.8 Å². The molecule has 0 aliphatic rings. The summed E-state index contributed by atoms with van der Waals surface area (Å²) in [6.07, 6.45) is 1.96. The standard InChI is InChI=1S/C6H14NOS.HI/c1-5(2)6(9-4)7(3)8;/h5,8H,1-4H3;1H/q+1;/p-1/b7-6+;. The van der Waals surface area contributed by atoms with Crippen molar-refractivity contribution >= 4 is 16.8 Å². The number of rotatable bonds is 1. The first-order valence-electron chi connectivity index (χ1n) is 2.93. The summed E-state index contributed by atoms with van der Waals surface area (Å²) < 4.78 is 1.18. The average molecular weight is 275 g/mol. The van der Waals surface area contributed by atoms with E-state index in [1.807, 2.05) is 6.26 Å². The summed E-state index contributed by atoms with van der Waals surface area (Å²) >= 11 is 1.58. The Bertz CT molecular complexity index is 121. The van der Waals surface area contributed by atoms with Crippen LogP contribution in [0.5, 0.6) is 0 Å². The van der Waals surface area contributed by atoms with Crippen LogP contribution in [0, 0.1) is 5.92 Å². The second-order valence-electron chi connectivity index (χ2n) is 2.22. The van der Waals surface area contributed by atoms with Gasteiger partial charge in [0.2, 0.25) is 0 Å². The summed E-state index contributed by atoms with van der Waals surface area (Å²) in [4.78, 5) is 0. The smallest absolute Gasteiger partial charge is 0.262 e. The lowest BCUT2D eigenvalue weighted by Gasteiger charge is -1.99. The average Bonchev–Trinajstić information content (AvgIpc) is 1.64. The fraction of sp³-hybridized carbons (Fsp3) is 0.833. The molecule has 0 aromatic heterocycles. The Morgan fingerprint density at radius 3 is 1.90 bits per heavy atom. The second kappa shape index (κ2) is 6.27. The van der Waals surface area contributed by atoms with Crippen molar-refractivity contribution in [3.63, 3.8) is 0 Å². The molecular formula is C6H14INOS. The Morgan fingerprint density at radius 2 is 1.90 bits per heavy atom. The third kappa shape index (κ3) is 4.38. The molecule has 62 valence electrons. The highest BCUT2D eigenvalue weighted by Crippen LogP contribution is 2.06. The zero-order chi connectivity index (χ0) is 7.44. The zero-order valence-corrected chi connectivity index (χ0v) is 9.73. The lowest BCUT2D eigenvalue weighted by Crippen LogP contribution is -3.00. The van der Waals surface area contributed by atoms with E-state index in [0.717, 1.165) is 5.04 Å². The monoisotopic (exact) mass is 275 g/mol. The fourth-order valence-corrected chi connectivity index (χ4v) is 1.48. The van der Waals surface area contributed by atoms with Gasteiger partial charge in [-0.2, -0.15) is 0 Å². The molecule has 0 bridgehead atoms. The van der Waals surface area contributed by atoms with Crippen LogP contribution in [0.1, 0.15) is 13.8 Å². The number of hydroxylamine groups is 1. The summed E-state index contributed by atoms with van der Waals surface area (Å²) in [6, 6.07) is 0. The summed E-state index contributed by atoms with van der Waals surface area (Å²) in [5.74, 6) is 0.412. The van der Waals surface area contributed by atoms with E-state index in [4.69, 9.17) is 5.21 Å². The molecule has 0 unspecified atom stereocenters. The molecule has 0 atom stereocenters. The first-order chi connectivity index (χ1) is 4.09. The highest BCUT2D eigenvalue weighted by molar-refractivity contribution is 8.13. The highest BCUT2D eigenvalue weighted by atomic mass is 127. The number of nitrogens with zero attached hydrogens (tertiary/aromatic N) is 1. The number of thioether (sulfide) groups is 1. The fourth-order valence-electron chi connectivity index (χ4n) is 0.741. The third-order valence-corrected chi connectivity index (χ3v) is 2.18. The van der Waals surface area contributed by atoms with Crippen molar-refractivity contribution in [3.05, 3.63) is 0 Å². The van der Waals surface area contributed by atoms with Crippen molar-refractivity contribution in [3.8, 4) is 0 Å². The number of hydrogen-bond acceptors (Lipinski definition) is 2. The molecule has 0 aliphatic carbocycles. The van der Waals surface area contributed by atoms with E-state index in [-0.39, 0.29) is 24.0 Å².